The minimum Gasteiger partial charge on any atom is -0.496 e. The molecule has 2 aromatic carbocycles. The average Bonchev–Trinajstić information content (AvgIpc) is 2.49. The Kier molecular flexibility index (Phi) is 5.04. The van der Waals surface area contributed by atoms with Gasteiger partial charge in [0.15, 0.2) is 0 Å². The maximum atomic E-state index is 13.3. The lowest BCUT2D eigenvalue weighted by Gasteiger charge is -2.19. The molecule has 112 valence electrons. The molecule has 0 saturated carbocycles. The Morgan fingerprint density at radius 2 is 1.76 bits per heavy atom. The highest BCUT2D eigenvalue weighted by Gasteiger charge is 2.19. The molecule has 21 heavy (non-hydrogen) atoms. The summed E-state index contributed by atoms with van der Waals surface area (Å²) in [5, 5.41) is 0.487. The maximum absolute atomic E-state index is 13.3. The van der Waals surface area contributed by atoms with Crippen molar-refractivity contribution in [2.45, 2.75) is 12.5 Å². The number of hydrogen-bond acceptors (Lipinski definition) is 3. The van der Waals surface area contributed by atoms with Gasteiger partial charge < -0.3 is 15.2 Å². The van der Waals surface area contributed by atoms with Gasteiger partial charge in [-0.05, 0) is 42.3 Å². The molecule has 0 amide bonds. The first-order valence-corrected chi connectivity index (χ1v) is 6.85. The first-order valence-electron chi connectivity index (χ1n) is 6.47. The van der Waals surface area contributed by atoms with E-state index in [4.69, 9.17) is 26.8 Å². The molecular weight excluding hydrogens is 293 g/mol. The van der Waals surface area contributed by atoms with Gasteiger partial charge in [0.25, 0.3) is 0 Å². The molecule has 0 radical (unpaired) electrons. The number of methoxy groups -OCH3 is 2. The fraction of sp³-hybridized carbons (Fsp3) is 0.250. The Morgan fingerprint density at radius 3 is 2.33 bits per heavy atom. The summed E-state index contributed by atoms with van der Waals surface area (Å²) in [5.74, 6) is 0.928. The number of nitrogens with two attached hydrogens (primary N) is 1. The van der Waals surface area contributed by atoms with Crippen molar-refractivity contribution in [2.24, 2.45) is 5.73 Å². The van der Waals surface area contributed by atoms with Crippen molar-refractivity contribution < 1.29 is 13.9 Å². The summed E-state index contributed by atoms with van der Waals surface area (Å²) in [4.78, 5) is 0. The summed E-state index contributed by atoms with van der Waals surface area (Å²) in [5.41, 5.74) is 7.65. The molecule has 0 fully saturated rings. The molecule has 2 aromatic rings. The lowest BCUT2D eigenvalue weighted by atomic mass is 9.97. The van der Waals surface area contributed by atoms with Crippen LogP contribution in [0.15, 0.2) is 36.4 Å². The molecule has 0 aliphatic rings. The van der Waals surface area contributed by atoms with Gasteiger partial charge in [-0.3, -0.25) is 0 Å². The number of rotatable bonds is 5. The predicted octanol–water partition coefficient (Wildman–Crippen LogP) is 3.74. The van der Waals surface area contributed by atoms with Gasteiger partial charge >= 0.3 is 0 Å². The first-order chi connectivity index (χ1) is 10.1. The van der Waals surface area contributed by atoms with Crippen molar-refractivity contribution in [3.8, 4) is 11.5 Å². The van der Waals surface area contributed by atoms with E-state index in [1.807, 2.05) is 18.2 Å². The Balaban J connectivity index is 2.36. The third-order valence-electron chi connectivity index (χ3n) is 3.28. The fourth-order valence-electron chi connectivity index (χ4n) is 2.28. The minimum absolute atomic E-state index is 0.339. The zero-order valence-corrected chi connectivity index (χ0v) is 12.7. The molecule has 1 unspecified atom stereocenters. The molecule has 0 saturated heterocycles. The van der Waals surface area contributed by atoms with Crippen LogP contribution in [0, 0.1) is 5.82 Å². The molecule has 2 N–H and O–H groups in total. The summed E-state index contributed by atoms with van der Waals surface area (Å²) in [7, 11) is 3.14. The van der Waals surface area contributed by atoms with Gasteiger partial charge in [-0.15, -0.1) is 0 Å². The third-order valence-corrected chi connectivity index (χ3v) is 3.65. The first kappa shape index (κ1) is 15.6. The van der Waals surface area contributed by atoms with E-state index in [2.05, 4.69) is 0 Å². The molecule has 0 bridgehead atoms. The van der Waals surface area contributed by atoms with Crippen LogP contribution in [0.2, 0.25) is 5.02 Å². The van der Waals surface area contributed by atoms with Gasteiger partial charge in [0.1, 0.15) is 17.3 Å². The van der Waals surface area contributed by atoms with Crippen molar-refractivity contribution in [1.29, 1.82) is 0 Å². The van der Waals surface area contributed by atoms with Gasteiger partial charge in [0, 0.05) is 11.1 Å². The van der Waals surface area contributed by atoms with Crippen LogP contribution in [0.4, 0.5) is 4.39 Å². The monoisotopic (exact) mass is 309 g/mol. The van der Waals surface area contributed by atoms with Crippen LogP contribution >= 0.6 is 11.6 Å². The van der Waals surface area contributed by atoms with Crippen molar-refractivity contribution in [3.05, 3.63) is 58.4 Å². The second kappa shape index (κ2) is 6.78. The second-order valence-corrected chi connectivity index (χ2v) is 5.03. The second-order valence-electron chi connectivity index (χ2n) is 4.62. The molecule has 0 aromatic heterocycles. The van der Waals surface area contributed by atoms with Crippen molar-refractivity contribution in [2.75, 3.05) is 14.2 Å². The normalized spacial score (nSPS) is 12.0. The Bertz CT molecular complexity index is 611. The van der Waals surface area contributed by atoms with Crippen LogP contribution < -0.4 is 15.2 Å². The van der Waals surface area contributed by atoms with Gasteiger partial charge in [-0.1, -0.05) is 17.7 Å². The molecule has 2 rings (SSSR count). The van der Waals surface area contributed by atoms with Gasteiger partial charge in [0.05, 0.1) is 19.8 Å². The van der Waals surface area contributed by atoms with E-state index in [-0.39, 0.29) is 5.82 Å². The largest absolute Gasteiger partial charge is 0.496 e. The highest BCUT2D eigenvalue weighted by Crippen LogP contribution is 2.35. The summed E-state index contributed by atoms with van der Waals surface area (Å²) < 4.78 is 24.0. The Hall–Kier alpha value is -1.78. The van der Waals surface area contributed by atoms with E-state index in [0.29, 0.717) is 28.5 Å². The maximum Gasteiger partial charge on any atom is 0.127 e. The van der Waals surface area contributed by atoms with Crippen molar-refractivity contribution in [1.82, 2.24) is 0 Å². The van der Waals surface area contributed by atoms with Crippen LogP contribution in [0.1, 0.15) is 17.2 Å². The average molecular weight is 310 g/mol. The van der Waals surface area contributed by atoms with E-state index < -0.39 is 6.04 Å². The van der Waals surface area contributed by atoms with Crippen molar-refractivity contribution >= 4 is 11.6 Å². The zero-order valence-electron chi connectivity index (χ0n) is 11.9. The van der Waals surface area contributed by atoms with Gasteiger partial charge in [-0.25, -0.2) is 4.39 Å². The predicted molar refractivity (Wildman–Crippen MR) is 81.6 cm³/mol. The SMILES string of the molecule is COc1cccc(OC)c1C(N)Cc1cc(F)ccc1Cl. The number of benzene rings is 2. The lowest BCUT2D eigenvalue weighted by Crippen LogP contribution is -2.16. The molecule has 0 spiro atoms. The summed E-state index contributed by atoms with van der Waals surface area (Å²) in [6, 6.07) is 9.26. The molecule has 0 aliphatic carbocycles. The van der Waals surface area contributed by atoms with E-state index in [1.165, 1.54) is 18.2 Å². The summed E-state index contributed by atoms with van der Waals surface area (Å²) in [6.45, 7) is 0. The van der Waals surface area contributed by atoms with E-state index in [9.17, 15) is 4.39 Å². The number of hydrogen-bond donors (Lipinski definition) is 1. The summed E-state index contributed by atoms with van der Waals surface area (Å²) >= 11 is 6.09. The molecule has 0 aliphatic heterocycles. The molecule has 0 heterocycles. The van der Waals surface area contributed by atoms with Crippen LogP contribution in [0.25, 0.3) is 0 Å². The van der Waals surface area contributed by atoms with Gasteiger partial charge in [-0.2, -0.15) is 0 Å². The molecule has 1 atom stereocenters. The van der Waals surface area contributed by atoms with E-state index in [0.717, 1.165) is 5.56 Å². The van der Waals surface area contributed by atoms with Gasteiger partial charge in [0.2, 0.25) is 0 Å². The standard InChI is InChI=1S/C16H17ClFNO2/c1-20-14-4-3-5-15(21-2)16(14)13(19)9-10-8-11(18)6-7-12(10)17/h3-8,13H,9,19H2,1-2H3. The smallest absolute Gasteiger partial charge is 0.127 e. The Labute approximate surface area is 128 Å². The van der Waals surface area contributed by atoms with Crippen LogP contribution in [-0.4, -0.2) is 14.2 Å². The van der Waals surface area contributed by atoms with Crippen LogP contribution in [0.5, 0.6) is 11.5 Å². The fourth-order valence-corrected chi connectivity index (χ4v) is 2.48. The number of ether oxygens (including phenoxy) is 2. The lowest BCUT2D eigenvalue weighted by molar-refractivity contribution is 0.379. The highest BCUT2D eigenvalue weighted by atomic mass is 35.5. The number of halogens is 2. The molecule has 5 heteroatoms. The minimum atomic E-state index is -0.421. The topological polar surface area (TPSA) is 44.5 Å². The Morgan fingerprint density at radius 1 is 1.14 bits per heavy atom. The third kappa shape index (κ3) is 3.46. The van der Waals surface area contributed by atoms with Crippen molar-refractivity contribution in [3.63, 3.8) is 0 Å². The van der Waals surface area contributed by atoms with E-state index >= 15 is 0 Å². The quantitative estimate of drug-likeness (QED) is 0.915. The zero-order chi connectivity index (χ0) is 15.4. The van der Waals surface area contributed by atoms with Crippen LogP contribution in [0.3, 0.4) is 0 Å². The van der Waals surface area contributed by atoms with Crippen LogP contribution in [-0.2, 0) is 6.42 Å². The molecular formula is C16H17ClFNO2. The molecule has 3 nitrogen and oxygen atoms in total. The van der Waals surface area contributed by atoms with E-state index in [1.54, 1.807) is 14.2 Å². The summed E-state index contributed by atoms with van der Waals surface area (Å²) in [6.07, 6.45) is 0.382. The highest BCUT2D eigenvalue weighted by molar-refractivity contribution is 6.31.